The van der Waals surface area contributed by atoms with Crippen LogP contribution >= 0.6 is 0 Å². The fourth-order valence-electron chi connectivity index (χ4n) is 7.02. The average molecular weight is 625 g/mol. The second kappa shape index (κ2) is 12.0. The van der Waals surface area contributed by atoms with Gasteiger partial charge in [0.05, 0.1) is 18.7 Å². The summed E-state index contributed by atoms with van der Waals surface area (Å²) < 4.78 is 72.8. The smallest absolute Gasteiger partial charge is 0.322 e. The molecule has 2 heterocycles. The molecule has 1 aromatic heterocycles. The number of halogens is 5. The zero-order chi connectivity index (χ0) is 31.9. The lowest BCUT2D eigenvalue weighted by Gasteiger charge is -2.40. The second-order valence-electron chi connectivity index (χ2n) is 12.1. The molecule has 1 atom stereocenters. The quantitative estimate of drug-likeness (QED) is 0.275. The number of hydrogen-bond donors (Lipinski definition) is 1. The van der Waals surface area contributed by atoms with Crippen molar-refractivity contribution in [2.24, 2.45) is 5.73 Å². The van der Waals surface area contributed by atoms with Gasteiger partial charge in [-0.15, -0.1) is 0 Å². The Kier molecular flexibility index (Phi) is 8.26. The van der Waals surface area contributed by atoms with E-state index in [1.807, 2.05) is 12.1 Å². The van der Waals surface area contributed by atoms with Crippen LogP contribution in [0.25, 0.3) is 0 Å². The van der Waals surface area contributed by atoms with Crippen LogP contribution in [0.2, 0.25) is 0 Å². The van der Waals surface area contributed by atoms with Crippen LogP contribution in [0.5, 0.6) is 0 Å². The van der Waals surface area contributed by atoms with Gasteiger partial charge in [-0.3, -0.25) is 18.8 Å². The topological polar surface area (TPSA) is 73.3 Å². The average Bonchev–Trinajstić information content (AvgIpc) is 3.37. The highest BCUT2D eigenvalue weighted by Gasteiger charge is 2.46. The molecule has 0 saturated carbocycles. The van der Waals surface area contributed by atoms with Gasteiger partial charge in [0.2, 0.25) is 0 Å². The van der Waals surface area contributed by atoms with Gasteiger partial charge in [-0.2, -0.15) is 13.2 Å². The molecule has 11 heteroatoms. The number of likely N-dealkylation sites (tertiary alicyclic amines) is 1. The van der Waals surface area contributed by atoms with E-state index in [9.17, 15) is 27.2 Å². The molecule has 0 radical (unpaired) electrons. The summed E-state index contributed by atoms with van der Waals surface area (Å²) in [5.74, 6) is -1.40. The molecule has 6 nitrogen and oxygen atoms in total. The lowest BCUT2D eigenvalue weighted by Crippen LogP contribution is -2.49. The van der Waals surface area contributed by atoms with Crippen molar-refractivity contribution >= 4 is 0 Å². The Bertz CT molecular complexity index is 1830. The van der Waals surface area contributed by atoms with Crippen molar-refractivity contribution in [3.05, 3.63) is 139 Å². The first kappa shape index (κ1) is 30.9. The van der Waals surface area contributed by atoms with E-state index in [1.165, 1.54) is 12.1 Å². The number of benzene rings is 3. The van der Waals surface area contributed by atoms with Crippen LogP contribution in [0.1, 0.15) is 58.8 Å². The van der Waals surface area contributed by atoms with Crippen molar-refractivity contribution in [1.29, 1.82) is 0 Å². The van der Waals surface area contributed by atoms with Crippen LogP contribution in [0, 0.1) is 11.6 Å². The summed E-state index contributed by atoms with van der Waals surface area (Å²) in [6.07, 6.45) is -2.87. The lowest BCUT2D eigenvalue weighted by atomic mass is 9.74. The number of aromatic nitrogens is 2. The van der Waals surface area contributed by atoms with E-state index in [0.717, 1.165) is 32.9 Å². The maximum absolute atomic E-state index is 15.0. The largest absolute Gasteiger partial charge is 0.416 e. The fraction of sp³-hybridized carbons (Fsp3) is 0.353. The van der Waals surface area contributed by atoms with Gasteiger partial charge >= 0.3 is 11.9 Å². The summed E-state index contributed by atoms with van der Waals surface area (Å²) in [5.41, 5.74) is 4.95. The molecule has 1 aliphatic carbocycles. The molecule has 0 bridgehead atoms. The zero-order valence-corrected chi connectivity index (χ0v) is 24.5. The number of hydrogen-bond acceptors (Lipinski definition) is 4. The number of rotatable bonds is 7. The van der Waals surface area contributed by atoms with Crippen molar-refractivity contribution in [2.75, 3.05) is 13.1 Å². The van der Waals surface area contributed by atoms with E-state index in [1.54, 1.807) is 30.3 Å². The second-order valence-corrected chi connectivity index (χ2v) is 12.1. The fourth-order valence-corrected chi connectivity index (χ4v) is 7.02. The molecule has 6 rings (SSSR count). The monoisotopic (exact) mass is 624 g/mol. The maximum atomic E-state index is 15.0. The third-order valence-corrected chi connectivity index (χ3v) is 9.36. The Morgan fingerprint density at radius 1 is 0.844 bits per heavy atom. The van der Waals surface area contributed by atoms with Crippen LogP contribution < -0.4 is 17.0 Å². The molecule has 3 aromatic carbocycles. The molecule has 2 aliphatic rings. The Labute approximate surface area is 256 Å². The highest BCUT2D eigenvalue weighted by molar-refractivity contribution is 5.37. The van der Waals surface area contributed by atoms with Gasteiger partial charge in [0, 0.05) is 34.8 Å². The summed E-state index contributed by atoms with van der Waals surface area (Å²) in [7, 11) is 0. The minimum atomic E-state index is -4.84. The van der Waals surface area contributed by atoms with Gasteiger partial charge in [0.25, 0.3) is 5.56 Å². The highest BCUT2D eigenvalue weighted by atomic mass is 19.4. The summed E-state index contributed by atoms with van der Waals surface area (Å²) in [6.45, 7) is 0.864. The lowest BCUT2D eigenvalue weighted by molar-refractivity contribution is -0.138. The van der Waals surface area contributed by atoms with Gasteiger partial charge < -0.3 is 5.73 Å². The van der Waals surface area contributed by atoms with E-state index in [-0.39, 0.29) is 12.4 Å². The molecule has 0 amide bonds. The first-order valence-corrected chi connectivity index (χ1v) is 15.0. The van der Waals surface area contributed by atoms with E-state index in [2.05, 4.69) is 4.90 Å². The molecule has 4 aromatic rings. The molecule has 1 spiro atoms. The number of alkyl halides is 3. The van der Waals surface area contributed by atoms with Gasteiger partial charge in [0.1, 0.15) is 11.6 Å². The van der Waals surface area contributed by atoms with Crippen LogP contribution in [0.4, 0.5) is 22.0 Å². The van der Waals surface area contributed by atoms with Gasteiger partial charge in [-0.1, -0.05) is 48.5 Å². The standard InChI is InChI=1S/C34H33F5N4O2/c35-24-9-4-6-22(18-24)19-41-16-14-33(15-17-41)13-12-29-30(33)31(44)43(21-28(40)23-7-2-1-3-8-23)32(45)42(29)20-25-26(34(37,38)39)10-5-11-27(25)36/h1-11,18,28H,12-17,19-21,40H2/t28-/m0/s1. The molecular formula is C34H33F5N4O2. The first-order chi connectivity index (χ1) is 21.5. The molecule has 45 heavy (non-hydrogen) atoms. The van der Waals surface area contributed by atoms with Crippen LogP contribution in [-0.4, -0.2) is 27.1 Å². The van der Waals surface area contributed by atoms with Crippen molar-refractivity contribution in [2.45, 2.75) is 63.0 Å². The van der Waals surface area contributed by atoms with E-state index in [4.69, 9.17) is 5.73 Å². The molecule has 1 saturated heterocycles. The summed E-state index contributed by atoms with van der Waals surface area (Å²) >= 11 is 0. The van der Waals surface area contributed by atoms with Crippen molar-refractivity contribution in [1.82, 2.24) is 14.0 Å². The predicted octanol–water partition coefficient (Wildman–Crippen LogP) is 5.54. The molecule has 1 fully saturated rings. The third kappa shape index (κ3) is 5.98. The Morgan fingerprint density at radius 3 is 2.24 bits per heavy atom. The number of fused-ring (bicyclic) bond motifs is 2. The van der Waals surface area contributed by atoms with Gasteiger partial charge in [-0.05, 0) is 74.2 Å². The molecule has 1 aliphatic heterocycles. The number of piperidine rings is 1. The molecule has 236 valence electrons. The van der Waals surface area contributed by atoms with Crippen LogP contribution in [0.15, 0.2) is 82.4 Å². The van der Waals surface area contributed by atoms with E-state index < -0.39 is 52.4 Å². The first-order valence-electron chi connectivity index (χ1n) is 15.0. The van der Waals surface area contributed by atoms with Crippen molar-refractivity contribution < 1.29 is 22.0 Å². The van der Waals surface area contributed by atoms with E-state index in [0.29, 0.717) is 62.1 Å². The molecule has 2 N–H and O–H groups in total. The minimum absolute atomic E-state index is 0.194. The third-order valence-electron chi connectivity index (χ3n) is 9.36. The summed E-state index contributed by atoms with van der Waals surface area (Å²) in [4.78, 5) is 30.4. The van der Waals surface area contributed by atoms with Crippen LogP contribution in [0.3, 0.4) is 0 Å². The summed E-state index contributed by atoms with van der Waals surface area (Å²) in [6, 6.07) is 17.3. The minimum Gasteiger partial charge on any atom is -0.322 e. The number of nitrogens with zero attached hydrogens (tertiary/aromatic N) is 3. The Balaban J connectivity index is 1.42. The zero-order valence-electron chi connectivity index (χ0n) is 24.5. The Hall–Kier alpha value is -4.09. The highest BCUT2D eigenvalue weighted by Crippen LogP contribution is 2.45. The normalized spacial score (nSPS) is 17.0. The maximum Gasteiger partial charge on any atom is 0.416 e. The van der Waals surface area contributed by atoms with Crippen molar-refractivity contribution in [3.63, 3.8) is 0 Å². The summed E-state index contributed by atoms with van der Waals surface area (Å²) in [5, 5.41) is 0. The molecule has 0 unspecified atom stereocenters. The predicted molar refractivity (Wildman–Crippen MR) is 160 cm³/mol. The van der Waals surface area contributed by atoms with E-state index >= 15 is 4.39 Å². The van der Waals surface area contributed by atoms with Crippen molar-refractivity contribution in [3.8, 4) is 0 Å². The van der Waals surface area contributed by atoms with Crippen LogP contribution in [-0.2, 0) is 37.6 Å². The number of nitrogens with two attached hydrogens (primary N) is 1. The SMILES string of the molecule is N[C@@H](Cn1c(=O)c2c(n(Cc3c(F)cccc3C(F)(F)F)c1=O)CCC21CCN(Cc2cccc(F)c2)CC1)c1ccccc1. The van der Waals surface area contributed by atoms with Gasteiger partial charge in [0.15, 0.2) is 0 Å². The Morgan fingerprint density at radius 2 is 1.56 bits per heavy atom. The molecular weight excluding hydrogens is 591 g/mol. The van der Waals surface area contributed by atoms with Gasteiger partial charge in [-0.25, -0.2) is 13.6 Å².